The fourth-order valence-corrected chi connectivity index (χ4v) is 7.14. The zero-order valence-corrected chi connectivity index (χ0v) is 18.0. The average molecular weight is 484 g/mol. The highest BCUT2D eigenvalue weighted by molar-refractivity contribution is 6.88. The van der Waals surface area contributed by atoms with Gasteiger partial charge < -0.3 is 0 Å². The van der Waals surface area contributed by atoms with Gasteiger partial charge in [0, 0.05) is 6.07 Å². The van der Waals surface area contributed by atoms with Gasteiger partial charge in [-0.1, -0.05) is 4.43 Å². The third-order valence-electron chi connectivity index (χ3n) is 5.52. The molecule has 2 aliphatic carbocycles. The molecule has 0 bridgehead atoms. The van der Waals surface area contributed by atoms with Gasteiger partial charge in [0.2, 0.25) is 0 Å². The third kappa shape index (κ3) is 3.94. The molecule has 0 amide bonds. The Kier molecular flexibility index (Phi) is 6.24. The predicted octanol–water partition coefficient (Wildman–Crippen LogP) is 6.37. The fourth-order valence-electron chi connectivity index (χ4n) is 3.77. The van der Waals surface area contributed by atoms with Crippen LogP contribution in [-0.2, 0) is 0 Å². The lowest BCUT2D eigenvalue weighted by atomic mass is 9.95. The third-order valence-corrected chi connectivity index (χ3v) is 9.00. The molecule has 0 N–H and O–H groups in total. The van der Waals surface area contributed by atoms with Crippen LogP contribution < -0.4 is 4.43 Å². The Morgan fingerprint density at radius 3 is 1.56 bits per heavy atom. The van der Waals surface area contributed by atoms with Gasteiger partial charge in [-0.3, -0.25) is 0 Å². The van der Waals surface area contributed by atoms with E-state index in [1.165, 1.54) is 0 Å². The van der Waals surface area contributed by atoms with Crippen molar-refractivity contribution in [1.82, 2.24) is 0 Å². The standard InChI is InChI=1S/2C7H5F4.C7H5F2.Al/c2*1-7(11)3-4(8)2-5(9)6(7)10;1-5-2-3-6(8)4-7(5)9;/h2*3,6H,1H3;3-4H,1H3;. The van der Waals surface area contributed by atoms with E-state index in [2.05, 4.69) is 0 Å². The second-order valence-electron chi connectivity index (χ2n) is 8.07. The minimum Gasteiger partial charge on any atom is -0.236 e. The van der Waals surface area contributed by atoms with Crippen LogP contribution in [0.5, 0.6) is 0 Å². The number of hydrogen-bond acceptors (Lipinski definition) is 0. The van der Waals surface area contributed by atoms with Crippen LogP contribution in [0.2, 0.25) is 0 Å². The number of rotatable bonds is 3. The maximum atomic E-state index is 14.9. The van der Waals surface area contributed by atoms with E-state index in [-0.39, 0.29) is 12.2 Å². The zero-order chi connectivity index (χ0) is 24.3. The lowest BCUT2D eigenvalue weighted by molar-refractivity contribution is 0.113. The van der Waals surface area contributed by atoms with E-state index in [4.69, 9.17) is 0 Å². The molecule has 4 atom stereocenters. The monoisotopic (exact) mass is 484 g/mol. The lowest BCUT2D eigenvalue weighted by Crippen LogP contribution is -2.46. The van der Waals surface area contributed by atoms with Gasteiger partial charge in [-0.15, -0.1) is 0 Å². The Morgan fingerprint density at radius 2 is 1.16 bits per heavy atom. The Morgan fingerprint density at radius 1 is 0.750 bits per heavy atom. The first-order chi connectivity index (χ1) is 14.6. The Labute approximate surface area is 181 Å². The lowest BCUT2D eigenvalue weighted by Gasteiger charge is -2.32. The minimum atomic E-state index is -4.45. The molecule has 1 aromatic carbocycles. The normalized spacial score (nSPS) is 31.0. The molecule has 2 aliphatic rings. The Bertz CT molecular complexity index is 1040. The molecule has 0 saturated heterocycles. The summed E-state index contributed by atoms with van der Waals surface area (Å²) in [5, 5.41) is 0. The molecular formula is C21H15AlF10. The van der Waals surface area contributed by atoms with Crippen molar-refractivity contribution < 1.29 is 43.9 Å². The molecular weight excluding hydrogens is 469 g/mol. The van der Waals surface area contributed by atoms with Gasteiger partial charge in [0.05, 0.1) is 0 Å². The molecule has 0 nitrogen and oxygen atoms in total. The topological polar surface area (TPSA) is 0 Å². The summed E-state index contributed by atoms with van der Waals surface area (Å²) in [4.78, 5) is 0. The first-order valence-electron chi connectivity index (χ1n) is 9.28. The summed E-state index contributed by atoms with van der Waals surface area (Å²) in [7, 11) is 0. The molecule has 1 aromatic rings. The van der Waals surface area contributed by atoms with E-state index < -0.39 is 91.6 Å². The molecule has 0 saturated carbocycles. The predicted molar refractivity (Wildman–Crippen MR) is 100.0 cm³/mol. The zero-order valence-electron chi connectivity index (χ0n) is 16.8. The summed E-state index contributed by atoms with van der Waals surface area (Å²) >= 11 is -4.45. The molecule has 0 radical (unpaired) electrons. The number of halogens is 10. The van der Waals surface area contributed by atoms with Gasteiger partial charge in [0.15, 0.2) is 23.7 Å². The number of alkyl halides is 4. The van der Waals surface area contributed by atoms with Crippen LogP contribution in [0.4, 0.5) is 43.9 Å². The highest BCUT2D eigenvalue weighted by Gasteiger charge is 2.52. The molecule has 0 fully saturated rings. The molecule has 0 heterocycles. The van der Waals surface area contributed by atoms with Crippen LogP contribution in [0.1, 0.15) is 19.4 Å². The van der Waals surface area contributed by atoms with Crippen LogP contribution in [0.3, 0.4) is 0 Å². The number of allylic oxidation sites excluding steroid dienone is 8. The summed E-state index contributed by atoms with van der Waals surface area (Å²) < 4.78 is 141. The van der Waals surface area contributed by atoms with Gasteiger partial charge in [-0.2, -0.15) is 0 Å². The van der Waals surface area contributed by atoms with Crippen LogP contribution in [0.25, 0.3) is 0 Å². The van der Waals surface area contributed by atoms with Gasteiger partial charge >= 0.3 is 14.1 Å². The quantitative estimate of drug-likeness (QED) is 0.346. The van der Waals surface area contributed by atoms with Crippen molar-refractivity contribution in [3.05, 3.63) is 73.7 Å². The summed E-state index contributed by atoms with van der Waals surface area (Å²) in [6.07, 6.45) is -6.18. The molecule has 32 heavy (non-hydrogen) atoms. The van der Waals surface area contributed by atoms with Crippen molar-refractivity contribution in [2.45, 2.75) is 44.5 Å². The SMILES string of the molecule is Cc1c(F)cc(F)c[c]1[Al]([C]1=C(F)C(F)C(C)(F)C=C1F)[C]1=C(F)C(F)C(C)(F)C=C1F. The molecule has 0 aromatic heterocycles. The number of hydrogen-bond donors (Lipinski definition) is 0. The Hall–Kier alpha value is -1.99. The minimum absolute atomic E-state index is 0.0240. The summed E-state index contributed by atoms with van der Waals surface area (Å²) in [5.41, 5.74) is -6.85. The summed E-state index contributed by atoms with van der Waals surface area (Å²) in [5.74, 6) is -10.3. The van der Waals surface area contributed by atoms with E-state index in [0.717, 1.165) is 6.92 Å². The maximum Gasteiger partial charge on any atom is 0.402 e. The largest absolute Gasteiger partial charge is 0.402 e. The van der Waals surface area contributed by atoms with E-state index in [9.17, 15) is 43.9 Å². The molecule has 11 heteroatoms. The van der Waals surface area contributed by atoms with Crippen molar-refractivity contribution in [3.63, 3.8) is 0 Å². The second-order valence-corrected chi connectivity index (χ2v) is 10.7. The van der Waals surface area contributed by atoms with E-state index >= 15 is 0 Å². The first-order valence-corrected chi connectivity index (χ1v) is 11.0. The number of benzene rings is 1. The fraction of sp³-hybridized carbons (Fsp3) is 0.333. The van der Waals surface area contributed by atoms with Gasteiger partial charge in [0.1, 0.15) is 34.9 Å². The van der Waals surface area contributed by atoms with Crippen molar-refractivity contribution in [3.8, 4) is 0 Å². The summed E-state index contributed by atoms with van der Waals surface area (Å²) in [6.45, 7) is 2.00. The smallest absolute Gasteiger partial charge is 0.236 e. The molecule has 4 unspecified atom stereocenters. The Balaban J connectivity index is 2.41. The van der Waals surface area contributed by atoms with Crippen LogP contribution in [0, 0.1) is 18.6 Å². The van der Waals surface area contributed by atoms with Gasteiger partial charge in [-0.25, -0.2) is 43.9 Å². The summed E-state index contributed by atoms with van der Waals surface area (Å²) in [6, 6.07) is 0.899. The van der Waals surface area contributed by atoms with Gasteiger partial charge in [0.25, 0.3) is 0 Å². The van der Waals surface area contributed by atoms with Gasteiger partial charge in [-0.05, 0) is 53.4 Å². The van der Waals surface area contributed by atoms with Crippen LogP contribution >= 0.6 is 0 Å². The van der Waals surface area contributed by atoms with Crippen LogP contribution in [0.15, 0.2) is 56.5 Å². The molecule has 172 valence electrons. The highest BCUT2D eigenvalue weighted by atomic mass is 27.2. The van der Waals surface area contributed by atoms with Crippen molar-refractivity contribution in [2.24, 2.45) is 0 Å². The second kappa shape index (κ2) is 8.10. The van der Waals surface area contributed by atoms with Crippen LogP contribution in [-0.4, -0.2) is 37.8 Å². The van der Waals surface area contributed by atoms with E-state index in [0.29, 0.717) is 26.0 Å². The van der Waals surface area contributed by atoms with Crippen molar-refractivity contribution >= 4 is 18.6 Å². The van der Waals surface area contributed by atoms with E-state index in [1.54, 1.807) is 0 Å². The van der Waals surface area contributed by atoms with Crippen molar-refractivity contribution in [1.29, 1.82) is 0 Å². The first kappa shape index (κ1) is 24.7. The molecule has 3 rings (SSSR count). The highest BCUT2D eigenvalue weighted by Crippen LogP contribution is 2.44. The molecule has 0 aliphatic heterocycles. The van der Waals surface area contributed by atoms with Crippen molar-refractivity contribution in [2.75, 3.05) is 0 Å². The average Bonchev–Trinajstić information content (AvgIpc) is 2.65. The van der Waals surface area contributed by atoms with E-state index in [1.807, 2.05) is 0 Å². The maximum absolute atomic E-state index is 14.9. The molecule has 0 spiro atoms.